The van der Waals surface area contributed by atoms with Crippen LogP contribution < -0.4 is 0 Å². The first-order chi connectivity index (χ1) is 5.00. The molecule has 1 N–H and O–H groups in total. The second-order valence-corrected chi connectivity index (χ2v) is 3.33. The maximum Gasteiger partial charge on any atom is 2.00 e. The number of rotatable bonds is 1. The van der Waals surface area contributed by atoms with E-state index in [4.69, 9.17) is 5.11 Å². The Hall–Kier alpha value is -0.447. The van der Waals surface area contributed by atoms with Crippen LogP contribution in [0, 0.1) is 0 Å². The van der Waals surface area contributed by atoms with Gasteiger partial charge in [0.25, 0.3) is 0 Å². The van der Waals surface area contributed by atoms with E-state index in [0.717, 1.165) is 24.3 Å². The summed E-state index contributed by atoms with van der Waals surface area (Å²) in [4.78, 5) is -0.338. The van der Waals surface area contributed by atoms with Gasteiger partial charge in [-0.1, -0.05) is 0 Å². The fourth-order valence-electron chi connectivity index (χ4n) is 0.613. The Morgan fingerprint density at radius 3 is 1.92 bits per heavy atom. The molecule has 60 valence electrons. The Labute approximate surface area is 82.7 Å². The molecule has 1 aromatic carbocycles. The normalized spacial score (nSPS) is 10.4. The first kappa shape index (κ1) is 11.6. The van der Waals surface area contributed by atoms with Crippen molar-refractivity contribution in [3.8, 4) is 5.75 Å². The van der Waals surface area contributed by atoms with Crippen LogP contribution in [0.2, 0.25) is 0 Å². The summed E-state index contributed by atoms with van der Waals surface area (Å²) in [6, 6.07) is 4.39. The Morgan fingerprint density at radius 2 is 1.58 bits per heavy atom. The summed E-state index contributed by atoms with van der Waals surface area (Å²) in [6.07, 6.45) is 0. The van der Waals surface area contributed by atoms with Crippen LogP contribution in [0.25, 0.3) is 0 Å². The van der Waals surface area contributed by atoms with Gasteiger partial charge in [-0.3, -0.25) is 0 Å². The fraction of sp³-hybridized carbons (Fsp3) is 0. The minimum Gasteiger partial charge on any atom is -0.744 e. The van der Waals surface area contributed by atoms with Crippen molar-refractivity contribution in [2.45, 2.75) is 4.90 Å². The second-order valence-electron chi connectivity index (χ2n) is 1.95. The number of phenols is 1. The summed E-state index contributed by atoms with van der Waals surface area (Å²) in [5, 5.41) is 8.73. The van der Waals surface area contributed by atoms with Gasteiger partial charge >= 0.3 is 19.5 Å². The van der Waals surface area contributed by atoms with Gasteiger partial charge in [0.15, 0.2) is 0 Å². The van der Waals surface area contributed by atoms with Gasteiger partial charge in [0.05, 0.1) is 4.90 Å². The average Bonchev–Trinajstić information content (AvgIpc) is 1.86. The first-order valence-electron chi connectivity index (χ1n) is 2.75. The molecule has 0 heterocycles. The molecule has 1 aromatic rings. The molecule has 0 fully saturated rings. The van der Waals surface area contributed by atoms with Crippen molar-refractivity contribution in [2.75, 3.05) is 0 Å². The van der Waals surface area contributed by atoms with Crippen LogP contribution in [0.3, 0.4) is 0 Å². The van der Waals surface area contributed by atoms with Gasteiger partial charge in [0.1, 0.15) is 15.9 Å². The minimum atomic E-state index is -4.38. The van der Waals surface area contributed by atoms with Crippen LogP contribution in [0.5, 0.6) is 5.75 Å². The van der Waals surface area contributed by atoms with Crippen molar-refractivity contribution in [3.63, 3.8) is 0 Å². The third-order valence-electron chi connectivity index (χ3n) is 1.13. The number of hydrogen-bond acceptors (Lipinski definition) is 4. The number of benzene rings is 1. The summed E-state index contributed by atoms with van der Waals surface area (Å²) in [6.45, 7) is 0. The van der Waals surface area contributed by atoms with Gasteiger partial charge in [-0.2, -0.15) is 0 Å². The minimum absolute atomic E-state index is 0. The van der Waals surface area contributed by atoms with E-state index in [1.54, 1.807) is 0 Å². The zero-order chi connectivity index (χ0) is 8.48. The van der Waals surface area contributed by atoms with Gasteiger partial charge in [0, 0.05) is 0 Å². The van der Waals surface area contributed by atoms with Crippen LogP contribution in [0.4, 0.5) is 0 Å². The van der Waals surface area contributed by atoms with E-state index in [9.17, 15) is 13.0 Å². The van der Waals surface area contributed by atoms with Crippen molar-refractivity contribution < 1.29 is 37.6 Å². The molecule has 0 saturated heterocycles. The van der Waals surface area contributed by atoms with Crippen LogP contribution in [0.15, 0.2) is 29.2 Å². The van der Waals surface area contributed by atoms with E-state index in [0.29, 0.717) is 0 Å². The fourth-order valence-corrected chi connectivity index (χ4v) is 1.08. The molecule has 0 aromatic heterocycles. The van der Waals surface area contributed by atoms with Crippen molar-refractivity contribution in [1.82, 2.24) is 0 Å². The predicted octanol–water partition coefficient (Wildman–Crippen LogP) is 0.294. The van der Waals surface area contributed by atoms with Crippen LogP contribution in [-0.4, -0.2) is 18.1 Å². The molecule has 0 spiro atoms. The van der Waals surface area contributed by atoms with E-state index in [1.807, 2.05) is 0 Å². The molecule has 12 heavy (non-hydrogen) atoms. The quantitative estimate of drug-likeness (QED) is 0.564. The van der Waals surface area contributed by atoms with Crippen molar-refractivity contribution in [2.24, 2.45) is 0 Å². The van der Waals surface area contributed by atoms with E-state index >= 15 is 0 Å². The predicted molar refractivity (Wildman–Crippen MR) is 36.1 cm³/mol. The van der Waals surface area contributed by atoms with E-state index in [1.165, 1.54) is 0 Å². The molecular formula is C6H5O4SZn+. The van der Waals surface area contributed by atoms with Crippen LogP contribution in [-0.2, 0) is 29.6 Å². The smallest absolute Gasteiger partial charge is 0.744 e. The monoisotopic (exact) mass is 237 g/mol. The van der Waals surface area contributed by atoms with Crippen molar-refractivity contribution >= 4 is 10.1 Å². The van der Waals surface area contributed by atoms with Gasteiger partial charge in [-0.25, -0.2) is 8.42 Å². The molecule has 6 heteroatoms. The molecular weight excluding hydrogens is 234 g/mol. The summed E-state index contributed by atoms with van der Waals surface area (Å²) in [5.41, 5.74) is 0. The molecule has 0 aliphatic carbocycles. The second kappa shape index (κ2) is 3.98. The van der Waals surface area contributed by atoms with Gasteiger partial charge in [-0.05, 0) is 24.3 Å². The maximum atomic E-state index is 10.3. The number of hydrogen-bond donors (Lipinski definition) is 1. The zero-order valence-corrected chi connectivity index (χ0v) is 9.88. The zero-order valence-electron chi connectivity index (χ0n) is 6.10. The van der Waals surface area contributed by atoms with Crippen molar-refractivity contribution in [1.29, 1.82) is 0 Å². The molecule has 0 radical (unpaired) electrons. The van der Waals surface area contributed by atoms with E-state index in [-0.39, 0.29) is 30.1 Å². The number of aromatic hydroxyl groups is 1. The van der Waals surface area contributed by atoms with Gasteiger partial charge in [-0.15, -0.1) is 0 Å². The summed E-state index contributed by atoms with van der Waals surface area (Å²) < 4.78 is 30.9. The molecule has 0 amide bonds. The largest absolute Gasteiger partial charge is 2.00 e. The Morgan fingerprint density at radius 1 is 1.17 bits per heavy atom. The molecule has 0 unspecified atom stereocenters. The summed E-state index contributed by atoms with van der Waals surface area (Å²) >= 11 is 0. The molecule has 0 atom stereocenters. The van der Waals surface area contributed by atoms with Gasteiger partial charge in [0.2, 0.25) is 0 Å². The third-order valence-corrected chi connectivity index (χ3v) is 1.97. The summed E-state index contributed by atoms with van der Waals surface area (Å²) in [7, 11) is -4.38. The van der Waals surface area contributed by atoms with Gasteiger partial charge < -0.3 is 9.66 Å². The SMILES string of the molecule is O=S(=O)([O-])c1ccc(O)cc1.[Zn+2]. The summed E-state index contributed by atoms with van der Waals surface area (Å²) in [5.74, 6) is -0.0719. The van der Waals surface area contributed by atoms with E-state index in [2.05, 4.69) is 0 Å². The third kappa shape index (κ3) is 2.89. The molecule has 0 aliphatic rings. The Balaban J connectivity index is 0.00000121. The standard InChI is InChI=1S/C6H6O4S.Zn/c7-5-1-3-6(4-2-5)11(8,9)10;/h1-4,7H,(H,8,9,10);/q;+2/p-1. The molecule has 0 bridgehead atoms. The molecule has 4 nitrogen and oxygen atoms in total. The maximum absolute atomic E-state index is 10.3. The van der Waals surface area contributed by atoms with Crippen LogP contribution >= 0.6 is 0 Å². The Bertz CT molecular complexity index is 342. The topological polar surface area (TPSA) is 77.4 Å². The Kier molecular flexibility index (Phi) is 3.83. The van der Waals surface area contributed by atoms with Crippen molar-refractivity contribution in [3.05, 3.63) is 24.3 Å². The molecule has 0 saturated carbocycles. The molecule has 0 aliphatic heterocycles. The number of phenolic OH excluding ortho intramolecular Hbond substituents is 1. The van der Waals surface area contributed by atoms with Crippen LogP contribution in [0.1, 0.15) is 0 Å². The average molecular weight is 239 g/mol. The first-order valence-corrected chi connectivity index (χ1v) is 4.16. The molecule has 1 rings (SSSR count). The van der Waals surface area contributed by atoms with E-state index < -0.39 is 10.1 Å².